The summed E-state index contributed by atoms with van der Waals surface area (Å²) in [7, 11) is 0. The normalized spacial score (nSPS) is 14.2. The molecule has 0 radical (unpaired) electrons. The summed E-state index contributed by atoms with van der Waals surface area (Å²) in [6, 6.07) is 12.9. The molecule has 0 saturated carbocycles. The first kappa shape index (κ1) is 15.5. The Hall–Kier alpha value is -2.98. The minimum Gasteiger partial charge on any atom is -0.455 e. The summed E-state index contributed by atoms with van der Waals surface area (Å²) >= 11 is 1.42. The van der Waals surface area contributed by atoms with E-state index < -0.39 is 5.97 Å². The van der Waals surface area contributed by atoms with Crippen LogP contribution < -0.4 is 4.90 Å². The largest absolute Gasteiger partial charge is 0.455 e. The van der Waals surface area contributed by atoms with Crippen molar-refractivity contribution in [2.75, 3.05) is 18.0 Å². The Balaban J connectivity index is 1.37. The van der Waals surface area contributed by atoms with Crippen molar-refractivity contribution in [2.24, 2.45) is 0 Å². The number of hydrogen-bond acceptors (Lipinski definition) is 6. The van der Waals surface area contributed by atoms with Gasteiger partial charge in [0.1, 0.15) is 11.9 Å². The number of ether oxygens (including phenoxy) is 1. The molecule has 124 valence electrons. The van der Waals surface area contributed by atoms with Gasteiger partial charge in [-0.25, -0.2) is 14.2 Å². The van der Waals surface area contributed by atoms with Crippen LogP contribution in [0, 0.1) is 17.1 Å². The van der Waals surface area contributed by atoms with E-state index in [0.29, 0.717) is 24.2 Å². The van der Waals surface area contributed by atoms with Gasteiger partial charge in [0.05, 0.1) is 40.5 Å². The van der Waals surface area contributed by atoms with Gasteiger partial charge in [-0.15, -0.1) is 0 Å². The van der Waals surface area contributed by atoms with Crippen LogP contribution in [0.15, 0.2) is 42.5 Å². The van der Waals surface area contributed by atoms with Crippen molar-refractivity contribution in [2.45, 2.75) is 6.10 Å². The Morgan fingerprint density at radius 2 is 2.04 bits per heavy atom. The van der Waals surface area contributed by atoms with Gasteiger partial charge < -0.3 is 9.64 Å². The average Bonchev–Trinajstić information content (AvgIpc) is 3.00. The van der Waals surface area contributed by atoms with E-state index in [1.54, 1.807) is 30.3 Å². The molecule has 0 spiro atoms. The molecule has 4 rings (SSSR count). The van der Waals surface area contributed by atoms with Crippen molar-refractivity contribution in [1.29, 1.82) is 5.26 Å². The van der Waals surface area contributed by atoms with Crippen molar-refractivity contribution in [1.82, 2.24) is 4.98 Å². The summed E-state index contributed by atoms with van der Waals surface area (Å²) in [6.45, 7) is 1.12. The number of nitrogens with zero attached hydrogens (tertiary/aromatic N) is 3. The van der Waals surface area contributed by atoms with Gasteiger partial charge in [-0.2, -0.15) is 5.26 Å². The maximum Gasteiger partial charge on any atom is 0.338 e. The Kier molecular flexibility index (Phi) is 3.82. The molecule has 0 N–H and O–H groups in total. The molecule has 5 nitrogen and oxygen atoms in total. The topological polar surface area (TPSA) is 66.2 Å². The van der Waals surface area contributed by atoms with Crippen LogP contribution in [0.5, 0.6) is 0 Å². The predicted octanol–water partition coefficient (Wildman–Crippen LogP) is 3.35. The summed E-state index contributed by atoms with van der Waals surface area (Å²) < 4.78 is 19.5. The Morgan fingerprint density at radius 3 is 2.76 bits per heavy atom. The van der Waals surface area contributed by atoms with Crippen LogP contribution in [-0.4, -0.2) is 30.1 Å². The minimum atomic E-state index is -0.402. The zero-order valence-electron chi connectivity index (χ0n) is 13.0. The molecule has 2 aromatic carbocycles. The monoisotopic (exact) mass is 353 g/mol. The molecule has 25 heavy (non-hydrogen) atoms. The number of rotatable bonds is 3. The van der Waals surface area contributed by atoms with Gasteiger partial charge in [0.15, 0.2) is 5.13 Å². The zero-order valence-corrected chi connectivity index (χ0v) is 13.8. The fraction of sp³-hybridized carbons (Fsp3) is 0.167. The van der Waals surface area contributed by atoms with Gasteiger partial charge >= 0.3 is 5.97 Å². The van der Waals surface area contributed by atoms with Crippen LogP contribution in [0.1, 0.15) is 15.9 Å². The second-order valence-electron chi connectivity index (χ2n) is 5.73. The molecular formula is C18H12FN3O2S. The lowest BCUT2D eigenvalue weighted by atomic mass is 10.1. The number of carbonyl (C=O) groups is 1. The first-order chi connectivity index (χ1) is 12.1. The highest BCUT2D eigenvalue weighted by atomic mass is 32.1. The third-order valence-corrected chi connectivity index (χ3v) is 5.06. The maximum atomic E-state index is 13.2. The maximum absolute atomic E-state index is 13.2. The fourth-order valence-electron chi connectivity index (χ4n) is 2.59. The smallest absolute Gasteiger partial charge is 0.338 e. The van der Waals surface area contributed by atoms with E-state index in [4.69, 9.17) is 10.00 Å². The number of nitriles is 1. The van der Waals surface area contributed by atoms with Gasteiger partial charge in [-0.1, -0.05) is 11.3 Å². The number of carbonyl (C=O) groups excluding carboxylic acids is 1. The van der Waals surface area contributed by atoms with Gasteiger partial charge in [0.25, 0.3) is 0 Å². The van der Waals surface area contributed by atoms with E-state index in [2.05, 4.69) is 4.98 Å². The van der Waals surface area contributed by atoms with E-state index in [-0.39, 0.29) is 11.9 Å². The summed E-state index contributed by atoms with van der Waals surface area (Å²) in [6.07, 6.45) is -0.202. The van der Waals surface area contributed by atoms with Crippen molar-refractivity contribution >= 4 is 32.7 Å². The second-order valence-corrected chi connectivity index (χ2v) is 6.74. The fourth-order valence-corrected chi connectivity index (χ4v) is 3.60. The van der Waals surface area contributed by atoms with Gasteiger partial charge in [-0.05, 0) is 42.5 Å². The number of benzene rings is 2. The first-order valence-electron chi connectivity index (χ1n) is 7.64. The summed E-state index contributed by atoms with van der Waals surface area (Å²) in [5, 5.41) is 9.56. The molecule has 1 saturated heterocycles. The molecule has 0 unspecified atom stereocenters. The summed E-state index contributed by atoms with van der Waals surface area (Å²) in [5.41, 5.74) is 1.69. The van der Waals surface area contributed by atoms with E-state index in [9.17, 15) is 9.18 Å². The molecule has 1 aromatic heterocycles. The van der Waals surface area contributed by atoms with E-state index >= 15 is 0 Å². The molecule has 2 heterocycles. The molecule has 1 fully saturated rings. The number of thiazole rings is 1. The Labute approximate surface area is 146 Å². The number of fused-ring (bicyclic) bond motifs is 1. The highest BCUT2D eigenvalue weighted by Crippen LogP contribution is 2.32. The van der Waals surface area contributed by atoms with E-state index in [1.165, 1.54) is 23.5 Å². The van der Waals surface area contributed by atoms with Crippen LogP contribution in [0.25, 0.3) is 10.2 Å². The molecule has 0 amide bonds. The van der Waals surface area contributed by atoms with Crippen LogP contribution in [0.4, 0.5) is 9.52 Å². The number of aromatic nitrogens is 1. The van der Waals surface area contributed by atoms with Gasteiger partial charge in [-0.3, -0.25) is 0 Å². The molecule has 0 aliphatic carbocycles. The predicted molar refractivity (Wildman–Crippen MR) is 92.2 cm³/mol. The lowest BCUT2D eigenvalue weighted by Gasteiger charge is -2.38. The third-order valence-electron chi connectivity index (χ3n) is 3.98. The Bertz CT molecular complexity index is 988. The first-order valence-corrected chi connectivity index (χ1v) is 8.46. The van der Waals surface area contributed by atoms with E-state index in [0.717, 1.165) is 15.3 Å². The number of halogens is 1. The highest BCUT2D eigenvalue weighted by molar-refractivity contribution is 7.22. The van der Waals surface area contributed by atoms with Crippen molar-refractivity contribution in [3.63, 3.8) is 0 Å². The van der Waals surface area contributed by atoms with Crippen LogP contribution in [0.3, 0.4) is 0 Å². The van der Waals surface area contributed by atoms with E-state index in [1.807, 2.05) is 11.0 Å². The molecule has 1 aliphatic rings. The lowest BCUT2D eigenvalue weighted by Crippen LogP contribution is -2.53. The third kappa shape index (κ3) is 3.04. The molecular weight excluding hydrogens is 341 g/mol. The molecule has 3 aromatic rings. The zero-order chi connectivity index (χ0) is 17.4. The van der Waals surface area contributed by atoms with Crippen LogP contribution >= 0.6 is 11.3 Å². The van der Waals surface area contributed by atoms with Crippen molar-refractivity contribution < 1.29 is 13.9 Å². The second kappa shape index (κ2) is 6.15. The van der Waals surface area contributed by atoms with Crippen LogP contribution in [0.2, 0.25) is 0 Å². The standard InChI is InChI=1S/C18H12FN3O2S/c19-13-5-6-15-16(7-13)25-18(21-15)22-9-14(10-22)24-17(23)12-3-1-11(8-20)2-4-12/h1-7,14H,9-10H2. The summed E-state index contributed by atoms with van der Waals surface area (Å²) in [5.74, 6) is -0.680. The SMILES string of the molecule is N#Cc1ccc(C(=O)OC2CN(c3nc4ccc(F)cc4s3)C2)cc1. The highest BCUT2D eigenvalue weighted by Gasteiger charge is 2.32. The summed E-state index contributed by atoms with van der Waals surface area (Å²) in [4.78, 5) is 18.6. The van der Waals surface area contributed by atoms with Crippen molar-refractivity contribution in [3.05, 3.63) is 59.4 Å². The molecule has 0 bridgehead atoms. The van der Waals surface area contributed by atoms with Crippen LogP contribution in [-0.2, 0) is 4.74 Å². The Morgan fingerprint density at radius 1 is 1.28 bits per heavy atom. The quantitative estimate of drug-likeness (QED) is 0.676. The molecule has 0 atom stereocenters. The molecule has 1 aliphatic heterocycles. The lowest BCUT2D eigenvalue weighted by molar-refractivity contribution is 0.0234. The van der Waals surface area contributed by atoms with Crippen molar-refractivity contribution in [3.8, 4) is 6.07 Å². The average molecular weight is 353 g/mol. The number of anilines is 1. The number of hydrogen-bond donors (Lipinski definition) is 0. The van der Waals surface area contributed by atoms with Gasteiger partial charge in [0, 0.05) is 0 Å². The number of esters is 1. The minimum absolute atomic E-state index is 0.202. The van der Waals surface area contributed by atoms with Gasteiger partial charge in [0.2, 0.25) is 0 Å². The molecule has 7 heteroatoms.